The Balaban J connectivity index is 2.14. The van der Waals surface area contributed by atoms with Gasteiger partial charge in [0.25, 0.3) is 0 Å². The second-order valence-electron chi connectivity index (χ2n) is 5.83. The summed E-state index contributed by atoms with van der Waals surface area (Å²) in [6.45, 7) is 2.86. The average molecular weight is 338 g/mol. The summed E-state index contributed by atoms with van der Waals surface area (Å²) in [5.41, 5.74) is 2.70. The van der Waals surface area contributed by atoms with Crippen LogP contribution < -0.4 is 0 Å². The Morgan fingerprint density at radius 3 is 2.24 bits per heavy atom. The Hall–Kier alpha value is -3.15. The number of aromatic nitrogens is 2. The van der Waals surface area contributed by atoms with Crippen molar-refractivity contribution in [3.8, 4) is 11.4 Å². The molecule has 6 heteroatoms. The molecule has 0 radical (unpaired) electrons. The molecular formula is C19H18N2O4. The lowest BCUT2D eigenvalue weighted by atomic mass is 10.1. The normalized spacial score (nSPS) is 10.9. The number of fused-ring (bicyclic) bond motifs is 1. The topological polar surface area (TPSA) is 92.4 Å². The number of imidazole rings is 1. The second kappa shape index (κ2) is 6.76. The van der Waals surface area contributed by atoms with Gasteiger partial charge in [-0.3, -0.25) is 0 Å². The number of nitrogens with zero attached hydrogens (tertiary/aromatic N) is 2. The molecule has 0 amide bonds. The molecular weight excluding hydrogens is 320 g/mol. The molecule has 2 aromatic carbocycles. The highest BCUT2D eigenvalue weighted by Crippen LogP contribution is 2.26. The zero-order valence-corrected chi connectivity index (χ0v) is 13.8. The van der Waals surface area contributed by atoms with E-state index in [4.69, 9.17) is 5.11 Å². The summed E-state index contributed by atoms with van der Waals surface area (Å²) in [5, 5.41) is 18.2. The minimum absolute atomic E-state index is 0.195. The van der Waals surface area contributed by atoms with E-state index in [1.54, 1.807) is 42.5 Å². The van der Waals surface area contributed by atoms with Crippen LogP contribution in [0.4, 0.5) is 0 Å². The molecule has 0 unspecified atom stereocenters. The number of aromatic carboxylic acids is 2. The summed E-state index contributed by atoms with van der Waals surface area (Å²) in [6.07, 6.45) is 1.98. The summed E-state index contributed by atoms with van der Waals surface area (Å²) in [7, 11) is 0. The number of carbonyl (C=O) groups is 2. The van der Waals surface area contributed by atoms with Crippen LogP contribution in [0.3, 0.4) is 0 Å². The Morgan fingerprint density at radius 1 is 1.00 bits per heavy atom. The number of hydrogen-bond acceptors (Lipinski definition) is 3. The highest BCUT2D eigenvalue weighted by molar-refractivity contribution is 5.93. The molecule has 0 bridgehead atoms. The lowest BCUT2D eigenvalue weighted by Crippen LogP contribution is -2.01. The van der Waals surface area contributed by atoms with Crippen LogP contribution in [-0.2, 0) is 6.54 Å². The van der Waals surface area contributed by atoms with Crippen molar-refractivity contribution in [3.63, 3.8) is 0 Å². The van der Waals surface area contributed by atoms with Crippen LogP contribution >= 0.6 is 0 Å². The van der Waals surface area contributed by atoms with Gasteiger partial charge in [0.2, 0.25) is 0 Å². The number of hydrogen-bond donors (Lipinski definition) is 2. The number of rotatable bonds is 6. The lowest BCUT2D eigenvalue weighted by molar-refractivity contribution is 0.0686. The predicted octanol–water partition coefficient (Wildman–Crippen LogP) is 3.90. The summed E-state index contributed by atoms with van der Waals surface area (Å²) in [5.74, 6) is -1.25. The van der Waals surface area contributed by atoms with Crippen molar-refractivity contribution < 1.29 is 19.8 Å². The van der Waals surface area contributed by atoms with Gasteiger partial charge in [-0.2, -0.15) is 0 Å². The number of benzene rings is 2. The van der Waals surface area contributed by atoms with Gasteiger partial charge < -0.3 is 14.8 Å². The maximum atomic E-state index is 11.2. The van der Waals surface area contributed by atoms with Gasteiger partial charge >= 0.3 is 11.9 Å². The van der Waals surface area contributed by atoms with Gasteiger partial charge in [-0.25, -0.2) is 14.6 Å². The van der Waals surface area contributed by atoms with E-state index in [0.29, 0.717) is 11.3 Å². The van der Waals surface area contributed by atoms with Crippen LogP contribution in [0.2, 0.25) is 0 Å². The third-order valence-corrected chi connectivity index (χ3v) is 4.12. The standard InChI is InChI=1S/C19H18N2O4/c1-2-3-10-21-16-9-8-14(19(24)25)11-15(16)20-17(21)12-4-6-13(7-5-12)18(22)23/h4-9,11H,2-3,10H2,1H3,(H,22,23)(H,24,25). The van der Waals surface area contributed by atoms with E-state index in [0.717, 1.165) is 30.5 Å². The Kier molecular flexibility index (Phi) is 4.52. The van der Waals surface area contributed by atoms with E-state index < -0.39 is 11.9 Å². The second-order valence-corrected chi connectivity index (χ2v) is 5.83. The molecule has 2 N–H and O–H groups in total. The molecule has 3 rings (SSSR count). The zero-order valence-electron chi connectivity index (χ0n) is 13.8. The highest BCUT2D eigenvalue weighted by atomic mass is 16.4. The van der Waals surface area contributed by atoms with Crippen molar-refractivity contribution in [1.29, 1.82) is 0 Å². The Labute approximate surface area is 144 Å². The van der Waals surface area contributed by atoms with Crippen molar-refractivity contribution in [2.45, 2.75) is 26.3 Å². The summed E-state index contributed by atoms with van der Waals surface area (Å²) < 4.78 is 2.06. The first-order chi connectivity index (χ1) is 12.0. The zero-order chi connectivity index (χ0) is 18.0. The number of aryl methyl sites for hydroxylation is 1. The molecule has 6 nitrogen and oxygen atoms in total. The molecule has 128 valence electrons. The predicted molar refractivity (Wildman–Crippen MR) is 94.0 cm³/mol. The Bertz CT molecular complexity index is 942. The molecule has 1 aromatic heterocycles. The maximum absolute atomic E-state index is 11.2. The van der Waals surface area contributed by atoms with Gasteiger partial charge in [-0.15, -0.1) is 0 Å². The molecule has 0 spiro atoms. The molecule has 0 aliphatic carbocycles. The molecule has 0 fully saturated rings. The van der Waals surface area contributed by atoms with Gasteiger partial charge in [0.15, 0.2) is 0 Å². The van der Waals surface area contributed by atoms with Gasteiger partial charge in [0.05, 0.1) is 22.2 Å². The van der Waals surface area contributed by atoms with Crippen molar-refractivity contribution >= 4 is 23.0 Å². The molecule has 0 aliphatic rings. The van der Waals surface area contributed by atoms with Crippen molar-refractivity contribution in [2.75, 3.05) is 0 Å². The average Bonchev–Trinajstić information content (AvgIpc) is 2.97. The summed E-state index contributed by atoms with van der Waals surface area (Å²) >= 11 is 0. The van der Waals surface area contributed by atoms with Crippen LogP contribution in [0.5, 0.6) is 0 Å². The van der Waals surface area contributed by atoms with Crippen LogP contribution in [0, 0.1) is 0 Å². The minimum Gasteiger partial charge on any atom is -0.478 e. The number of carboxylic acids is 2. The Morgan fingerprint density at radius 2 is 1.64 bits per heavy atom. The van der Waals surface area contributed by atoms with Crippen LogP contribution in [-0.4, -0.2) is 31.7 Å². The molecule has 0 saturated carbocycles. The van der Waals surface area contributed by atoms with Crippen molar-refractivity contribution in [1.82, 2.24) is 9.55 Å². The van der Waals surface area contributed by atoms with Crippen molar-refractivity contribution in [3.05, 3.63) is 53.6 Å². The van der Waals surface area contributed by atoms with E-state index >= 15 is 0 Å². The fraction of sp³-hybridized carbons (Fsp3) is 0.211. The van der Waals surface area contributed by atoms with E-state index in [1.807, 2.05) is 0 Å². The van der Waals surface area contributed by atoms with Crippen LogP contribution in [0.25, 0.3) is 22.4 Å². The summed E-state index contributed by atoms with van der Waals surface area (Å²) in [6, 6.07) is 11.5. The third-order valence-electron chi connectivity index (χ3n) is 4.12. The quantitative estimate of drug-likeness (QED) is 0.711. The smallest absolute Gasteiger partial charge is 0.335 e. The lowest BCUT2D eigenvalue weighted by Gasteiger charge is -2.09. The first-order valence-corrected chi connectivity index (χ1v) is 8.08. The van der Waals surface area contributed by atoms with E-state index in [-0.39, 0.29) is 11.1 Å². The SMILES string of the molecule is CCCCn1c(-c2ccc(C(=O)O)cc2)nc2cc(C(=O)O)ccc21. The van der Waals surface area contributed by atoms with Gasteiger partial charge in [0, 0.05) is 12.1 Å². The number of unbranched alkanes of at least 4 members (excludes halogenated alkanes) is 1. The maximum Gasteiger partial charge on any atom is 0.335 e. The third kappa shape index (κ3) is 3.24. The monoisotopic (exact) mass is 338 g/mol. The first kappa shape index (κ1) is 16.7. The molecule has 0 atom stereocenters. The van der Waals surface area contributed by atoms with Gasteiger partial charge in [-0.1, -0.05) is 25.5 Å². The van der Waals surface area contributed by atoms with E-state index in [1.165, 1.54) is 0 Å². The fourth-order valence-corrected chi connectivity index (χ4v) is 2.79. The van der Waals surface area contributed by atoms with Gasteiger partial charge in [0.1, 0.15) is 5.82 Å². The molecule has 0 saturated heterocycles. The molecule has 1 heterocycles. The van der Waals surface area contributed by atoms with E-state index in [2.05, 4.69) is 16.5 Å². The first-order valence-electron chi connectivity index (χ1n) is 8.08. The van der Waals surface area contributed by atoms with E-state index in [9.17, 15) is 14.7 Å². The van der Waals surface area contributed by atoms with Gasteiger partial charge in [-0.05, 0) is 36.8 Å². The summed E-state index contributed by atoms with van der Waals surface area (Å²) in [4.78, 5) is 26.8. The molecule has 3 aromatic rings. The van der Waals surface area contributed by atoms with Crippen molar-refractivity contribution in [2.24, 2.45) is 0 Å². The molecule has 0 aliphatic heterocycles. The minimum atomic E-state index is -0.989. The van der Waals surface area contributed by atoms with Crippen LogP contribution in [0.1, 0.15) is 40.5 Å². The molecule has 25 heavy (non-hydrogen) atoms. The number of carboxylic acid groups (broad SMARTS) is 2. The fourth-order valence-electron chi connectivity index (χ4n) is 2.79. The van der Waals surface area contributed by atoms with Crippen LogP contribution in [0.15, 0.2) is 42.5 Å². The largest absolute Gasteiger partial charge is 0.478 e. The highest BCUT2D eigenvalue weighted by Gasteiger charge is 2.15.